The zero-order chi connectivity index (χ0) is 15.1. The normalized spacial score (nSPS) is 11.8. The maximum absolute atomic E-state index is 9.89. The van der Waals surface area contributed by atoms with Crippen molar-refractivity contribution in [1.29, 1.82) is 0 Å². The van der Waals surface area contributed by atoms with Gasteiger partial charge >= 0.3 is 0 Å². The quantitative estimate of drug-likeness (QED) is 0.825. The van der Waals surface area contributed by atoms with E-state index in [9.17, 15) is 5.11 Å². The molecule has 0 spiro atoms. The Balaban J connectivity index is 1.73. The highest BCUT2D eigenvalue weighted by atomic mass is 35.5. The molecule has 4 nitrogen and oxygen atoms in total. The Morgan fingerprint density at radius 1 is 1.05 bits per heavy atom. The van der Waals surface area contributed by atoms with E-state index in [1.165, 1.54) is 0 Å². The summed E-state index contributed by atoms with van der Waals surface area (Å²) in [5.74, 6) is 1.47. The van der Waals surface area contributed by atoms with E-state index in [4.69, 9.17) is 21.1 Å². The molecular formula is C16H18ClNO3. The number of methoxy groups -OCH3 is 1. The fourth-order valence-electron chi connectivity index (χ4n) is 1.73. The van der Waals surface area contributed by atoms with Gasteiger partial charge in [-0.3, -0.25) is 0 Å². The average Bonchev–Trinajstić information content (AvgIpc) is 2.53. The zero-order valence-electron chi connectivity index (χ0n) is 11.8. The molecule has 0 fully saturated rings. The lowest BCUT2D eigenvalue weighted by Crippen LogP contribution is -2.26. The van der Waals surface area contributed by atoms with Crippen molar-refractivity contribution in [2.75, 3.05) is 25.6 Å². The van der Waals surface area contributed by atoms with Crippen LogP contribution in [0.5, 0.6) is 11.5 Å². The number of anilines is 1. The van der Waals surface area contributed by atoms with Crippen LogP contribution in [0, 0.1) is 0 Å². The number of nitrogens with one attached hydrogen (secondary N) is 1. The lowest BCUT2D eigenvalue weighted by atomic mass is 10.3. The first-order valence-corrected chi connectivity index (χ1v) is 6.99. The van der Waals surface area contributed by atoms with Gasteiger partial charge in [-0.25, -0.2) is 0 Å². The molecule has 0 saturated heterocycles. The number of aliphatic hydroxyl groups excluding tert-OH is 1. The number of rotatable bonds is 7. The van der Waals surface area contributed by atoms with Gasteiger partial charge < -0.3 is 19.9 Å². The van der Waals surface area contributed by atoms with Gasteiger partial charge in [-0.15, -0.1) is 0 Å². The van der Waals surface area contributed by atoms with E-state index < -0.39 is 6.10 Å². The number of hydrogen-bond acceptors (Lipinski definition) is 4. The van der Waals surface area contributed by atoms with Gasteiger partial charge in [0.1, 0.15) is 24.2 Å². The van der Waals surface area contributed by atoms with Crippen molar-refractivity contribution in [1.82, 2.24) is 0 Å². The molecule has 5 heteroatoms. The number of aliphatic hydroxyl groups is 1. The minimum absolute atomic E-state index is 0.215. The summed E-state index contributed by atoms with van der Waals surface area (Å²) in [5.41, 5.74) is 0.905. The molecule has 0 radical (unpaired) electrons. The van der Waals surface area contributed by atoms with Crippen LogP contribution in [0.3, 0.4) is 0 Å². The largest absolute Gasteiger partial charge is 0.497 e. The van der Waals surface area contributed by atoms with Crippen LogP contribution in [-0.2, 0) is 0 Å². The van der Waals surface area contributed by atoms with Crippen molar-refractivity contribution in [3.8, 4) is 11.5 Å². The molecule has 0 aliphatic rings. The molecule has 0 aliphatic carbocycles. The molecule has 2 aromatic carbocycles. The van der Waals surface area contributed by atoms with Crippen LogP contribution < -0.4 is 14.8 Å². The fraction of sp³-hybridized carbons (Fsp3) is 0.250. The first-order valence-electron chi connectivity index (χ1n) is 6.62. The number of halogens is 1. The van der Waals surface area contributed by atoms with Gasteiger partial charge in [0.2, 0.25) is 0 Å². The second-order valence-electron chi connectivity index (χ2n) is 4.53. The summed E-state index contributed by atoms with van der Waals surface area (Å²) in [6.45, 7) is 0.616. The summed E-state index contributed by atoms with van der Waals surface area (Å²) < 4.78 is 10.6. The topological polar surface area (TPSA) is 50.7 Å². The third-order valence-electron chi connectivity index (χ3n) is 2.89. The molecule has 0 bridgehead atoms. The Morgan fingerprint density at radius 2 is 1.67 bits per heavy atom. The molecule has 0 aliphatic heterocycles. The highest BCUT2D eigenvalue weighted by molar-refractivity contribution is 6.30. The predicted molar refractivity (Wildman–Crippen MR) is 84.4 cm³/mol. The fourth-order valence-corrected chi connectivity index (χ4v) is 1.85. The number of benzene rings is 2. The van der Waals surface area contributed by atoms with Crippen molar-refractivity contribution < 1.29 is 14.6 Å². The Labute approximate surface area is 129 Å². The lowest BCUT2D eigenvalue weighted by molar-refractivity contribution is 0.117. The predicted octanol–water partition coefficient (Wildman–Crippen LogP) is 3.20. The van der Waals surface area contributed by atoms with E-state index >= 15 is 0 Å². The number of ether oxygens (including phenoxy) is 2. The molecule has 0 saturated carbocycles. The van der Waals surface area contributed by atoms with Crippen molar-refractivity contribution in [3.63, 3.8) is 0 Å². The zero-order valence-corrected chi connectivity index (χ0v) is 12.5. The monoisotopic (exact) mass is 307 g/mol. The second-order valence-corrected chi connectivity index (χ2v) is 4.96. The number of hydrogen-bond donors (Lipinski definition) is 2. The lowest BCUT2D eigenvalue weighted by Gasteiger charge is -2.14. The first kappa shape index (κ1) is 15.5. The van der Waals surface area contributed by atoms with E-state index in [0.29, 0.717) is 17.3 Å². The summed E-state index contributed by atoms with van der Waals surface area (Å²) in [5, 5.41) is 13.7. The molecule has 1 unspecified atom stereocenters. The third kappa shape index (κ3) is 5.17. The smallest absolute Gasteiger partial charge is 0.119 e. The Bertz CT molecular complexity index is 542. The van der Waals surface area contributed by atoms with E-state index in [1.807, 2.05) is 24.3 Å². The highest BCUT2D eigenvalue weighted by Crippen LogP contribution is 2.17. The second kappa shape index (κ2) is 7.76. The maximum atomic E-state index is 9.89. The standard InChI is InChI=1S/C16H18ClNO3/c1-20-15-6-8-16(9-7-15)21-11-14(19)10-18-13-4-2-12(17)3-5-13/h2-9,14,18-19H,10-11H2,1H3. The van der Waals surface area contributed by atoms with Crippen molar-refractivity contribution >= 4 is 17.3 Å². The summed E-state index contributed by atoms with van der Waals surface area (Å²) in [6, 6.07) is 14.5. The van der Waals surface area contributed by atoms with Crippen LogP contribution in [-0.4, -0.2) is 31.5 Å². The van der Waals surface area contributed by atoms with Crippen molar-refractivity contribution in [2.24, 2.45) is 0 Å². The SMILES string of the molecule is COc1ccc(OCC(O)CNc2ccc(Cl)cc2)cc1. The Morgan fingerprint density at radius 3 is 2.29 bits per heavy atom. The molecule has 2 N–H and O–H groups in total. The van der Waals surface area contributed by atoms with Crippen LogP contribution in [0.1, 0.15) is 0 Å². The summed E-state index contributed by atoms with van der Waals surface area (Å²) >= 11 is 5.81. The van der Waals surface area contributed by atoms with Crippen LogP contribution in [0.2, 0.25) is 5.02 Å². The molecule has 2 aromatic rings. The summed E-state index contributed by atoms with van der Waals surface area (Å²) in [6.07, 6.45) is -0.609. The van der Waals surface area contributed by atoms with Crippen LogP contribution in [0.15, 0.2) is 48.5 Å². The highest BCUT2D eigenvalue weighted by Gasteiger charge is 2.05. The first-order chi connectivity index (χ1) is 10.2. The Hall–Kier alpha value is -1.91. The molecule has 21 heavy (non-hydrogen) atoms. The maximum Gasteiger partial charge on any atom is 0.119 e. The van der Waals surface area contributed by atoms with Crippen LogP contribution in [0.4, 0.5) is 5.69 Å². The average molecular weight is 308 g/mol. The van der Waals surface area contributed by atoms with Gasteiger partial charge in [0.05, 0.1) is 7.11 Å². The van der Waals surface area contributed by atoms with Gasteiger partial charge in [0, 0.05) is 17.3 Å². The van der Waals surface area contributed by atoms with E-state index in [-0.39, 0.29) is 6.61 Å². The summed E-state index contributed by atoms with van der Waals surface area (Å²) in [7, 11) is 1.61. The summed E-state index contributed by atoms with van der Waals surface area (Å²) in [4.78, 5) is 0. The van der Waals surface area contributed by atoms with Crippen LogP contribution in [0.25, 0.3) is 0 Å². The van der Waals surface area contributed by atoms with E-state index in [0.717, 1.165) is 11.4 Å². The van der Waals surface area contributed by atoms with Crippen molar-refractivity contribution in [3.05, 3.63) is 53.6 Å². The molecule has 2 rings (SSSR count). The van der Waals surface area contributed by atoms with Gasteiger partial charge in [0.25, 0.3) is 0 Å². The van der Waals surface area contributed by atoms with E-state index in [1.54, 1.807) is 31.4 Å². The van der Waals surface area contributed by atoms with Crippen molar-refractivity contribution in [2.45, 2.75) is 6.10 Å². The molecule has 112 valence electrons. The van der Waals surface area contributed by atoms with Gasteiger partial charge in [-0.05, 0) is 48.5 Å². The van der Waals surface area contributed by atoms with E-state index in [2.05, 4.69) is 5.32 Å². The Kier molecular flexibility index (Phi) is 5.72. The third-order valence-corrected chi connectivity index (χ3v) is 3.14. The van der Waals surface area contributed by atoms with Gasteiger partial charge in [-0.2, -0.15) is 0 Å². The minimum atomic E-state index is -0.609. The molecule has 0 amide bonds. The van der Waals surface area contributed by atoms with Gasteiger partial charge in [-0.1, -0.05) is 11.6 Å². The van der Waals surface area contributed by atoms with Crippen LogP contribution >= 0.6 is 11.6 Å². The minimum Gasteiger partial charge on any atom is -0.497 e. The molecule has 1 atom stereocenters. The molecule has 0 heterocycles. The molecule has 0 aromatic heterocycles. The van der Waals surface area contributed by atoms with Gasteiger partial charge in [0.15, 0.2) is 0 Å². The molecular weight excluding hydrogens is 290 g/mol.